The molecule has 6 atom stereocenters. The van der Waals surface area contributed by atoms with Crippen LogP contribution in [0.25, 0.3) is 0 Å². The number of unbranched alkanes of at least 4 members (excludes halogenated alkanes) is 2. The van der Waals surface area contributed by atoms with Crippen LogP contribution in [0.4, 0.5) is 0 Å². The van der Waals surface area contributed by atoms with E-state index in [1.54, 1.807) is 43.3 Å². The van der Waals surface area contributed by atoms with Gasteiger partial charge in [-0.15, -0.1) is 6.58 Å². The van der Waals surface area contributed by atoms with Gasteiger partial charge in [0.25, 0.3) is 0 Å². The van der Waals surface area contributed by atoms with Crippen LogP contribution in [0.1, 0.15) is 72.3 Å². The summed E-state index contributed by atoms with van der Waals surface area (Å²) in [5.74, 6) is 0.463. The number of aldehydes is 1. The summed E-state index contributed by atoms with van der Waals surface area (Å²) in [6, 6.07) is 19.7. The second-order valence-corrected chi connectivity index (χ2v) is 14.8. The molecule has 11 nitrogen and oxygen atoms in total. The second kappa shape index (κ2) is 18.8. The number of fused-ring (bicyclic) bond motifs is 2. The van der Waals surface area contributed by atoms with Crippen LogP contribution in [-0.4, -0.2) is 85.9 Å². The van der Waals surface area contributed by atoms with E-state index in [0.717, 1.165) is 54.4 Å². The number of likely N-dealkylation sites (N-methyl/N-ethyl adjacent to an activating group) is 1. The van der Waals surface area contributed by atoms with Gasteiger partial charge in [0, 0.05) is 43.7 Å². The van der Waals surface area contributed by atoms with Gasteiger partial charge in [-0.2, -0.15) is 0 Å². The zero-order valence-electron chi connectivity index (χ0n) is 32.6. The standard InChI is InChI=1S/C45H54N2O9/c1-5-22-54-45-41(47(2)42(51)25-30-12-10-15-33(23-30)52-3)28-39(46-53-4)37-26-32(14-6-8-20-48)36(17-7-9-21-49)43(44(37)45)38-27-35(18-19-40(38)56-45)55-34-16-11-13-31(24-34)29-50/h5,10-13,15-16,18-19,23-24,26-27,29,32,36,41,43-44,48-49H,1,6-9,14,17,20-22,25,28H2,2-4H3. The number of aliphatic hydroxyl groups is 2. The van der Waals surface area contributed by atoms with E-state index >= 15 is 0 Å². The van der Waals surface area contributed by atoms with Crippen LogP contribution in [0.3, 0.4) is 0 Å². The van der Waals surface area contributed by atoms with Gasteiger partial charge in [-0.1, -0.05) is 54.4 Å². The maximum absolute atomic E-state index is 14.3. The lowest BCUT2D eigenvalue weighted by molar-refractivity contribution is -0.255. The molecule has 0 aromatic heterocycles. The summed E-state index contributed by atoms with van der Waals surface area (Å²) in [4.78, 5) is 33.2. The first-order valence-corrected chi connectivity index (χ1v) is 19.5. The molecule has 0 radical (unpaired) electrons. The molecule has 3 aromatic carbocycles. The second-order valence-electron chi connectivity index (χ2n) is 14.8. The maximum Gasteiger partial charge on any atom is 0.239 e. The summed E-state index contributed by atoms with van der Waals surface area (Å²) in [6.07, 6.45) is 9.86. The number of hydrogen-bond donors (Lipinski definition) is 2. The molecule has 6 rings (SSSR count). The van der Waals surface area contributed by atoms with Crippen molar-refractivity contribution in [2.45, 2.75) is 69.1 Å². The van der Waals surface area contributed by atoms with Gasteiger partial charge in [0.2, 0.25) is 11.7 Å². The predicted octanol–water partition coefficient (Wildman–Crippen LogP) is 7.26. The molecule has 0 spiro atoms. The molecule has 298 valence electrons. The van der Waals surface area contributed by atoms with Crippen LogP contribution in [0.5, 0.6) is 23.0 Å². The highest BCUT2D eigenvalue weighted by Gasteiger charge is 2.65. The minimum absolute atomic E-state index is 0.0670. The average Bonchev–Trinajstić information content (AvgIpc) is 3.21. The monoisotopic (exact) mass is 766 g/mol. The number of carbonyl (C=O) groups excluding carboxylic acids is 2. The molecule has 1 heterocycles. The molecule has 0 bridgehead atoms. The smallest absolute Gasteiger partial charge is 0.239 e. The summed E-state index contributed by atoms with van der Waals surface area (Å²) >= 11 is 0. The van der Waals surface area contributed by atoms with Crippen molar-refractivity contribution >= 4 is 17.9 Å². The van der Waals surface area contributed by atoms with E-state index in [0.29, 0.717) is 47.8 Å². The van der Waals surface area contributed by atoms with Crippen LogP contribution < -0.4 is 14.2 Å². The molecule has 56 heavy (non-hydrogen) atoms. The first-order valence-electron chi connectivity index (χ1n) is 19.5. The number of methoxy groups -OCH3 is 1. The number of rotatable bonds is 19. The Morgan fingerprint density at radius 3 is 2.46 bits per heavy atom. The van der Waals surface area contributed by atoms with Crippen molar-refractivity contribution in [2.75, 3.05) is 41.1 Å². The SMILES string of the molecule is C=CCOC12Oc3ccc(Oc4cccc(C=O)c4)cc3C3C(CCCCO)C(CCCCO)C=C(C(=NOC)CC1N(C)C(=O)Cc1cccc(OC)c1)C32. The van der Waals surface area contributed by atoms with E-state index in [2.05, 4.69) is 17.8 Å². The molecule has 11 heteroatoms. The van der Waals surface area contributed by atoms with Gasteiger partial charge in [-0.05, 0) is 91.1 Å². The van der Waals surface area contributed by atoms with Crippen molar-refractivity contribution in [3.63, 3.8) is 0 Å². The first-order chi connectivity index (χ1) is 27.3. The Labute approximate surface area is 329 Å². The molecule has 3 aromatic rings. The van der Waals surface area contributed by atoms with E-state index < -0.39 is 17.7 Å². The van der Waals surface area contributed by atoms with Gasteiger partial charge in [0.05, 0.1) is 31.8 Å². The Morgan fingerprint density at radius 1 is 0.982 bits per heavy atom. The molecular formula is C45H54N2O9. The van der Waals surface area contributed by atoms with Crippen molar-refractivity contribution in [3.05, 3.63) is 108 Å². The molecule has 1 saturated carbocycles. The van der Waals surface area contributed by atoms with E-state index in [4.69, 9.17) is 23.8 Å². The lowest BCUT2D eigenvalue weighted by atomic mass is 9.55. The number of nitrogens with zero attached hydrogens (tertiary/aromatic N) is 2. The van der Waals surface area contributed by atoms with Crippen LogP contribution in [0, 0.1) is 17.8 Å². The number of oxime groups is 1. The Bertz CT molecular complexity index is 1910. The van der Waals surface area contributed by atoms with Crippen molar-refractivity contribution in [3.8, 4) is 23.0 Å². The van der Waals surface area contributed by atoms with Gasteiger partial charge in [-0.3, -0.25) is 9.59 Å². The molecule has 3 aliphatic rings. The zero-order valence-corrected chi connectivity index (χ0v) is 32.6. The van der Waals surface area contributed by atoms with Gasteiger partial charge < -0.3 is 38.9 Å². The zero-order chi connectivity index (χ0) is 39.7. The number of amides is 1. The topological polar surface area (TPSA) is 136 Å². The fourth-order valence-corrected chi connectivity index (χ4v) is 8.94. The first kappa shape index (κ1) is 40.7. The van der Waals surface area contributed by atoms with Crippen molar-refractivity contribution < 1.29 is 43.6 Å². The van der Waals surface area contributed by atoms with E-state index in [1.165, 1.54) is 7.11 Å². The lowest BCUT2D eigenvalue weighted by Crippen LogP contribution is -2.69. The number of benzene rings is 3. The molecule has 6 unspecified atom stereocenters. The number of aliphatic hydroxyl groups excluding tert-OH is 2. The number of carbonyl (C=O) groups is 2. The van der Waals surface area contributed by atoms with Crippen molar-refractivity contribution in [1.82, 2.24) is 4.90 Å². The van der Waals surface area contributed by atoms with Crippen molar-refractivity contribution in [2.24, 2.45) is 22.9 Å². The van der Waals surface area contributed by atoms with Crippen LogP contribution in [0.2, 0.25) is 0 Å². The lowest BCUT2D eigenvalue weighted by Gasteiger charge is -2.59. The van der Waals surface area contributed by atoms with Crippen LogP contribution in [0.15, 0.2) is 96.2 Å². The largest absolute Gasteiger partial charge is 0.497 e. The van der Waals surface area contributed by atoms with Crippen LogP contribution in [-0.2, 0) is 20.8 Å². The third kappa shape index (κ3) is 8.55. The molecule has 1 amide bonds. The minimum atomic E-state index is -1.35. The number of ether oxygens (including phenoxy) is 4. The fraction of sp³-hybridized carbons (Fsp3) is 0.444. The normalized spacial score (nSPS) is 24.2. The summed E-state index contributed by atoms with van der Waals surface area (Å²) in [7, 11) is 4.93. The summed E-state index contributed by atoms with van der Waals surface area (Å²) < 4.78 is 26.0. The molecule has 1 aliphatic heterocycles. The Kier molecular flexibility index (Phi) is 13.6. The average molecular weight is 767 g/mol. The summed E-state index contributed by atoms with van der Waals surface area (Å²) in [6.45, 7) is 4.36. The van der Waals surface area contributed by atoms with E-state index in [1.807, 2.05) is 48.5 Å². The minimum Gasteiger partial charge on any atom is -0.497 e. The molecular weight excluding hydrogens is 712 g/mol. The molecule has 1 fully saturated rings. The molecule has 2 aliphatic carbocycles. The van der Waals surface area contributed by atoms with E-state index in [9.17, 15) is 19.8 Å². The van der Waals surface area contributed by atoms with Gasteiger partial charge >= 0.3 is 0 Å². The van der Waals surface area contributed by atoms with Gasteiger partial charge in [0.15, 0.2) is 0 Å². The summed E-state index contributed by atoms with van der Waals surface area (Å²) in [5.41, 5.74) is 3.93. The van der Waals surface area contributed by atoms with Gasteiger partial charge in [0.1, 0.15) is 42.4 Å². The summed E-state index contributed by atoms with van der Waals surface area (Å²) in [5, 5.41) is 24.3. The third-order valence-corrected chi connectivity index (χ3v) is 11.4. The quantitative estimate of drug-likeness (QED) is 0.0559. The van der Waals surface area contributed by atoms with Crippen LogP contribution >= 0.6 is 0 Å². The third-order valence-electron chi connectivity index (χ3n) is 11.4. The van der Waals surface area contributed by atoms with Gasteiger partial charge in [-0.25, -0.2) is 0 Å². The maximum atomic E-state index is 14.3. The number of hydrogen-bond acceptors (Lipinski definition) is 10. The number of allylic oxidation sites excluding steroid dienone is 1. The predicted molar refractivity (Wildman–Crippen MR) is 213 cm³/mol. The Morgan fingerprint density at radius 2 is 1.73 bits per heavy atom. The van der Waals surface area contributed by atoms with Crippen molar-refractivity contribution in [1.29, 1.82) is 0 Å². The fourth-order valence-electron chi connectivity index (χ4n) is 8.94. The molecule has 2 N–H and O–H groups in total. The molecule has 0 saturated heterocycles. The highest BCUT2D eigenvalue weighted by atomic mass is 16.7. The highest BCUT2D eigenvalue weighted by Crippen LogP contribution is 2.62. The highest BCUT2D eigenvalue weighted by molar-refractivity contribution is 6.03. The Balaban J connectivity index is 1.52. The Hall–Kier alpha value is -4.97. The van der Waals surface area contributed by atoms with E-state index in [-0.39, 0.29) is 49.9 Å².